The highest BCUT2D eigenvalue weighted by Gasteiger charge is 2.39. The highest BCUT2D eigenvalue weighted by Crippen LogP contribution is 2.50. The summed E-state index contributed by atoms with van der Waals surface area (Å²) in [5.74, 6) is 3.07. The van der Waals surface area contributed by atoms with Crippen molar-refractivity contribution in [2.75, 3.05) is 13.2 Å². The second-order valence-electron chi connectivity index (χ2n) is 5.31. The summed E-state index contributed by atoms with van der Waals surface area (Å²) in [5, 5.41) is 9.58. The van der Waals surface area contributed by atoms with Crippen LogP contribution >= 0.6 is 12.4 Å². The summed E-state index contributed by atoms with van der Waals surface area (Å²) in [6.45, 7) is 1.54. The van der Waals surface area contributed by atoms with Crippen molar-refractivity contribution >= 4 is 12.4 Å². The van der Waals surface area contributed by atoms with Gasteiger partial charge in [-0.05, 0) is 61.8 Å². The maximum atomic E-state index is 9.58. The standard InChI is InChI=1S/C14H19NO2.ClH/c15-7-10-5-12(10)13-6-11(16)3-4-14(13)17-8-9-1-2-9;/h3-4,6,9-10,12,16H,1-2,5,7-8,15H2;1H/t10-,12+;/m0./s1. The minimum Gasteiger partial charge on any atom is -0.508 e. The van der Waals surface area contributed by atoms with Gasteiger partial charge in [0.2, 0.25) is 0 Å². The van der Waals surface area contributed by atoms with E-state index in [0.29, 0.717) is 17.6 Å². The van der Waals surface area contributed by atoms with E-state index < -0.39 is 0 Å². The zero-order chi connectivity index (χ0) is 11.8. The number of halogens is 1. The van der Waals surface area contributed by atoms with Gasteiger partial charge in [0.05, 0.1) is 6.61 Å². The molecule has 2 aliphatic carbocycles. The average Bonchev–Trinajstić information content (AvgIpc) is 3.21. The van der Waals surface area contributed by atoms with E-state index in [0.717, 1.165) is 36.8 Å². The van der Waals surface area contributed by atoms with E-state index in [2.05, 4.69) is 0 Å². The molecule has 0 heterocycles. The second-order valence-corrected chi connectivity index (χ2v) is 5.31. The molecular weight excluding hydrogens is 250 g/mol. The van der Waals surface area contributed by atoms with Gasteiger partial charge in [-0.25, -0.2) is 0 Å². The summed E-state index contributed by atoms with van der Waals surface area (Å²) < 4.78 is 5.86. The topological polar surface area (TPSA) is 55.5 Å². The molecule has 0 unspecified atom stereocenters. The van der Waals surface area contributed by atoms with Gasteiger partial charge in [0.25, 0.3) is 0 Å². The van der Waals surface area contributed by atoms with Gasteiger partial charge in [-0.15, -0.1) is 12.4 Å². The van der Waals surface area contributed by atoms with Gasteiger partial charge in [0.15, 0.2) is 0 Å². The largest absolute Gasteiger partial charge is 0.508 e. The summed E-state index contributed by atoms with van der Waals surface area (Å²) >= 11 is 0. The van der Waals surface area contributed by atoms with Crippen LogP contribution in [0.5, 0.6) is 11.5 Å². The molecule has 0 amide bonds. The molecule has 2 atom stereocenters. The van der Waals surface area contributed by atoms with Gasteiger partial charge >= 0.3 is 0 Å². The quantitative estimate of drug-likeness (QED) is 0.864. The molecule has 0 aliphatic heterocycles. The van der Waals surface area contributed by atoms with Crippen LogP contribution in [0, 0.1) is 11.8 Å². The lowest BCUT2D eigenvalue weighted by Gasteiger charge is -2.11. The van der Waals surface area contributed by atoms with Crippen LogP contribution in [0.2, 0.25) is 0 Å². The van der Waals surface area contributed by atoms with Crippen molar-refractivity contribution in [1.82, 2.24) is 0 Å². The minimum absolute atomic E-state index is 0. The lowest BCUT2D eigenvalue weighted by Crippen LogP contribution is -2.04. The SMILES string of the molecule is Cl.NC[C@@H]1C[C@H]1c1cc(O)ccc1OCC1CC1. The van der Waals surface area contributed by atoms with Crippen LogP contribution in [-0.4, -0.2) is 18.3 Å². The normalized spacial score (nSPS) is 25.4. The molecule has 0 saturated heterocycles. The smallest absolute Gasteiger partial charge is 0.123 e. The molecule has 0 radical (unpaired) electrons. The Morgan fingerprint density at radius 3 is 2.72 bits per heavy atom. The summed E-state index contributed by atoms with van der Waals surface area (Å²) in [7, 11) is 0. The van der Waals surface area contributed by atoms with Crippen molar-refractivity contribution in [2.45, 2.75) is 25.2 Å². The van der Waals surface area contributed by atoms with Crippen LogP contribution in [0.3, 0.4) is 0 Å². The highest BCUT2D eigenvalue weighted by molar-refractivity contribution is 5.85. The first-order valence-electron chi connectivity index (χ1n) is 6.43. The monoisotopic (exact) mass is 269 g/mol. The fraction of sp³-hybridized carbons (Fsp3) is 0.571. The van der Waals surface area contributed by atoms with Gasteiger partial charge in [-0.2, -0.15) is 0 Å². The predicted octanol–water partition coefficient (Wildman–Crippen LogP) is 2.67. The zero-order valence-corrected chi connectivity index (χ0v) is 11.2. The molecule has 0 bridgehead atoms. The van der Waals surface area contributed by atoms with E-state index in [1.165, 1.54) is 12.8 Å². The van der Waals surface area contributed by atoms with Gasteiger partial charge < -0.3 is 15.6 Å². The second kappa shape index (κ2) is 5.37. The van der Waals surface area contributed by atoms with Crippen LogP contribution in [0.1, 0.15) is 30.7 Å². The summed E-state index contributed by atoms with van der Waals surface area (Å²) in [5.41, 5.74) is 6.82. The van der Waals surface area contributed by atoms with Crippen molar-refractivity contribution in [3.63, 3.8) is 0 Å². The number of hydrogen-bond acceptors (Lipinski definition) is 3. The van der Waals surface area contributed by atoms with Gasteiger partial charge in [-0.3, -0.25) is 0 Å². The molecule has 3 N–H and O–H groups in total. The van der Waals surface area contributed by atoms with E-state index in [1.807, 2.05) is 12.1 Å². The average molecular weight is 270 g/mol. The van der Waals surface area contributed by atoms with Crippen molar-refractivity contribution in [1.29, 1.82) is 0 Å². The van der Waals surface area contributed by atoms with Crippen LogP contribution in [0.15, 0.2) is 18.2 Å². The van der Waals surface area contributed by atoms with E-state index in [-0.39, 0.29) is 12.4 Å². The maximum Gasteiger partial charge on any atom is 0.123 e. The molecule has 2 aliphatic rings. The number of phenols is 1. The first kappa shape index (κ1) is 13.5. The van der Waals surface area contributed by atoms with Crippen molar-refractivity contribution in [2.24, 2.45) is 17.6 Å². The molecule has 3 rings (SSSR count). The van der Waals surface area contributed by atoms with Gasteiger partial charge in [0.1, 0.15) is 11.5 Å². The lowest BCUT2D eigenvalue weighted by atomic mass is 10.1. The molecule has 3 nitrogen and oxygen atoms in total. The van der Waals surface area contributed by atoms with Crippen LogP contribution in [-0.2, 0) is 0 Å². The molecule has 1 aromatic rings. The van der Waals surface area contributed by atoms with E-state index >= 15 is 0 Å². The molecule has 0 spiro atoms. The first-order chi connectivity index (χ1) is 8.28. The van der Waals surface area contributed by atoms with Crippen molar-refractivity contribution in [3.8, 4) is 11.5 Å². The van der Waals surface area contributed by atoms with E-state index in [9.17, 15) is 5.11 Å². The van der Waals surface area contributed by atoms with E-state index in [4.69, 9.17) is 10.5 Å². The number of ether oxygens (including phenoxy) is 1. The fourth-order valence-corrected chi connectivity index (χ4v) is 2.34. The van der Waals surface area contributed by atoms with Crippen LogP contribution < -0.4 is 10.5 Å². The minimum atomic E-state index is 0. The molecule has 18 heavy (non-hydrogen) atoms. The van der Waals surface area contributed by atoms with Crippen LogP contribution in [0.25, 0.3) is 0 Å². The number of phenolic OH excluding ortho intramolecular Hbond substituents is 1. The molecule has 4 heteroatoms. The molecule has 2 saturated carbocycles. The number of aromatic hydroxyl groups is 1. The molecule has 1 aromatic carbocycles. The van der Waals surface area contributed by atoms with Gasteiger partial charge in [0, 0.05) is 5.56 Å². The Bertz CT molecular complexity index is 420. The molecule has 2 fully saturated rings. The Morgan fingerprint density at radius 2 is 2.11 bits per heavy atom. The Kier molecular flexibility index (Phi) is 4.03. The Morgan fingerprint density at radius 1 is 1.33 bits per heavy atom. The first-order valence-corrected chi connectivity index (χ1v) is 6.43. The van der Waals surface area contributed by atoms with Gasteiger partial charge in [-0.1, -0.05) is 0 Å². The van der Waals surface area contributed by atoms with Crippen molar-refractivity contribution in [3.05, 3.63) is 23.8 Å². The molecule has 0 aromatic heterocycles. The Labute approximate surface area is 114 Å². The summed E-state index contributed by atoms with van der Waals surface area (Å²) in [6.07, 6.45) is 3.71. The summed E-state index contributed by atoms with van der Waals surface area (Å²) in [4.78, 5) is 0. The molecular formula is C14H20ClNO2. The lowest BCUT2D eigenvalue weighted by molar-refractivity contribution is 0.296. The van der Waals surface area contributed by atoms with E-state index in [1.54, 1.807) is 6.07 Å². The Balaban J connectivity index is 0.00000120. The third-order valence-electron chi connectivity index (χ3n) is 3.79. The Hall–Kier alpha value is -0.930. The zero-order valence-electron chi connectivity index (χ0n) is 10.3. The maximum absolute atomic E-state index is 9.58. The third kappa shape index (κ3) is 2.90. The highest BCUT2D eigenvalue weighted by atomic mass is 35.5. The van der Waals surface area contributed by atoms with Crippen molar-refractivity contribution < 1.29 is 9.84 Å². The third-order valence-corrected chi connectivity index (χ3v) is 3.79. The number of hydrogen-bond donors (Lipinski definition) is 2. The summed E-state index contributed by atoms with van der Waals surface area (Å²) in [6, 6.07) is 5.42. The number of rotatable bonds is 5. The predicted molar refractivity (Wildman–Crippen MR) is 73.5 cm³/mol. The number of benzene rings is 1. The molecule has 100 valence electrons. The number of nitrogens with two attached hydrogens (primary N) is 1. The fourth-order valence-electron chi connectivity index (χ4n) is 2.34. The van der Waals surface area contributed by atoms with Crippen LogP contribution in [0.4, 0.5) is 0 Å².